The van der Waals surface area contributed by atoms with Gasteiger partial charge in [-0.1, -0.05) is 35.9 Å². The van der Waals surface area contributed by atoms with Crippen molar-refractivity contribution in [3.63, 3.8) is 0 Å². The Labute approximate surface area is 225 Å². The highest BCUT2D eigenvalue weighted by Gasteiger charge is 2.13. The molecule has 0 unspecified atom stereocenters. The van der Waals surface area contributed by atoms with Crippen molar-refractivity contribution < 1.29 is 14.3 Å². The Morgan fingerprint density at radius 1 is 0.892 bits per heavy atom. The summed E-state index contributed by atoms with van der Waals surface area (Å²) in [6.07, 6.45) is 3.37. The molecule has 0 bridgehead atoms. The number of amidine groups is 1. The van der Waals surface area contributed by atoms with E-state index in [2.05, 4.69) is 15.3 Å². The third-order valence-electron chi connectivity index (χ3n) is 5.17. The number of carbonyl (C=O) groups excluding carboxylic acids is 1. The number of hydrogen-bond donors (Lipinski definition) is 3. The Morgan fingerprint density at radius 2 is 1.57 bits per heavy atom. The minimum Gasteiger partial charge on any atom is -0.487 e. The molecule has 0 aliphatic rings. The van der Waals surface area contributed by atoms with Crippen LogP contribution in [0.4, 0.5) is 0 Å². The molecule has 8 nitrogen and oxygen atoms in total. The maximum Gasteiger partial charge on any atom is 0.251 e. The number of pyridine rings is 2. The standard InChI is InChI=1S/C27H24ClN5O3.ClH/c28-21-11-20(12-24(14-21)35-16-22-5-1-3-9-31-22)27(34)33-15-19-8-7-18(26(29)30)13-25(19)36-17-23-6-2-4-10-32-23;/h1-14H,15-17H2,(H3,29,30)(H,33,34);1H. The van der Waals surface area contributed by atoms with Crippen LogP contribution in [0.3, 0.4) is 0 Å². The molecule has 0 atom stereocenters. The molecule has 0 fully saturated rings. The average Bonchev–Trinajstić information content (AvgIpc) is 2.90. The molecule has 2 aromatic carbocycles. The van der Waals surface area contributed by atoms with Gasteiger partial charge in [0.25, 0.3) is 5.91 Å². The molecule has 4 rings (SSSR count). The third-order valence-corrected chi connectivity index (χ3v) is 5.38. The molecular weight excluding hydrogens is 513 g/mol. The van der Waals surface area contributed by atoms with Crippen molar-refractivity contribution in [1.82, 2.24) is 15.3 Å². The summed E-state index contributed by atoms with van der Waals surface area (Å²) in [5, 5.41) is 11.0. The van der Waals surface area contributed by atoms with Crippen LogP contribution in [0.25, 0.3) is 0 Å². The predicted octanol–water partition coefficient (Wildman–Crippen LogP) is 4.92. The second kappa shape index (κ2) is 13.2. The van der Waals surface area contributed by atoms with Crippen molar-refractivity contribution in [1.29, 1.82) is 5.41 Å². The smallest absolute Gasteiger partial charge is 0.251 e. The van der Waals surface area contributed by atoms with E-state index in [0.717, 1.165) is 17.0 Å². The van der Waals surface area contributed by atoms with Crippen LogP contribution >= 0.6 is 24.0 Å². The highest BCUT2D eigenvalue weighted by molar-refractivity contribution is 6.31. The van der Waals surface area contributed by atoms with Crippen molar-refractivity contribution in [2.75, 3.05) is 0 Å². The van der Waals surface area contributed by atoms with Crippen molar-refractivity contribution >= 4 is 35.8 Å². The minimum atomic E-state index is -0.327. The SMILES string of the molecule is Cl.N=C(N)c1ccc(CNC(=O)c2cc(Cl)cc(OCc3ccccn3)c2)c(OCc2ccccn2)c1. The molecule has 0 aliphatic carbocycles. The van der Waals surface area contributed by atoms with Gasteiger partial charge >= 0.3 is 0 Å². The first kappa shape index (κ1) is 27.4. The highest BCUT2D eigenvalue weighted by atomic mass is 35.5. The Morgan fingerprint density at radius 3 is 2.19 bits per heavy atom. The molecular formula is C27H25Cl2N5O3. The molecule has 0 saturated carbocycles. The lowest BCUT2D eigenvalue weighted by Crippen LogP contribution is -2.23. The lowest BCUT2D eigenvalue weighted by atomic mass is 10.1. The van der Waals surface area contributed by atoms with Gasteiger partial charge in [0.2, 0.25) is 0 Å². The van der Waals surface area contributed by atoms with Crippen LogP contribution in [0.1, 0.15) is 32.9 Å². The molecule has 2 heterocycles. The van der Waals surface area contributed by atoms with Gasteiger partial charge in [-0.25, -0.2) is 0 Å². The number of rotatable bonds is 10. The number of nitrogen functional groups attached to an aromatic ring is 1. The molecule has 10 heteroatoms. The molecule has 0 saturated heterocycles. The summed E-state index contributed by atoms with van der Waals surface area (Å²) in [7, 11) is 0. The number of halogens is 2. The van der Waals surface area contributed by atoms with Crippen molar-refractivity contribution in [3.8, 4) is 11.5 Å². The lowest BCUT2D eigenvalue weighted by molar-refractivity contribution is 0.0950. The second-order valence-electron chi connectivity index (χ2n) is 7.81. The van der Waals surface area contributed by atoms with Crippen molar-refractivity contribution in [2.45, 2.75) is 19.8 Å². The molecule has 4 aromatic rings. The number of ether oxygens (including phenoxy) is 2. The van der Waals surface area contributed by atoms with Gasteiger partial charge in [-0.3, -0.25) is 20.2 Å². The van der Waals surface area contributed by atoms with Gasteiger partial charge in [-0.2, -0.15) is 0 Å². The van der Waals surface area contributed by atoms with Crippen LogP contribution < -0.4 is 20.5 Å². The largest absolute Gasteiger partial charge is 0.487 e. The summed E-state index contributed by atoms with van der Waals surface area (Å²) in [5.41, 5.74) is 8.75. The first-order valence-corrected chi connectivity index (χ1v) is 11.5. The lowest BCUT2D eigenvalue weighted by Gasteiger charge is -2.14. The van der Waals surface area contributed by atoms with E-state index in [9.17, 15) is 4.79 Å². The number of hydrogen-bond acceptors (Lipinski definition) is 6. The Hall–Kier alpha value is -4.14. The molecule has 0 aliphatic heterocycles. The molecule has 37 heavy (non-hydrogen) atoms. The second-order valence-corrected chi connectivity index (χ2v) is 8.25. The van der Waals surface area contributed by atoms with E-state index in [1.54, 1.807) is 48.8 Å². The van der Waals surface area contributed by atoms with Crippen molar-refractivity contribution in [2.24, 2.45) is 5.73 Å². The van der Waals surface area contributed by atoms with Crippen LogP contribution in [0, 0.1) is 5.41 Å². The summed E-state index contributed by atoms with van der Waals surface area (Å²) < 4.78 is 11.7. The fourth-order valence-corrected chi connectivity index (χ4v) is 3.56. The number of aromatic nitrogens is 2. The van der Waals surface area contributed by atoms with E-state index in [1.807, 2.05) is 36.4 Å². The van der Waals surface area contributed by atoms with E-state index in [4.69, 9.17) is 32.2 Å². The number of benzene rings is 2. The fraction of sp³-hybridized carbons (Fsp3) is 0.111. The summed E-state index contributed by atoms with van der Waals surface area (Å²) in [6.45, 7) is 0.668. The number of nitrogens with two attached hydrogens (primary N) is 1. The average molecular weight is 538 g/mol. The summed E-state index contributed by atoms with van der Waals surface area (Å²) in [4.78, 5) is 21.4. The van der Waals surface area contributed by atoms with Gasteiger partial charge in [0.05, 0.1) is 11.4 Å². The zero-order valence-electron chi connectivity index (χ0n) is 19.7. The van der Waals surface area contributed by atoms with Gasteiger partial charge in [0, 0.05) is 40.7 Å². The number of nitrogens with one attached hydrogen (secondary N) is 2. The molecule has 190 valence electrons. The molecule has 2 aromatic heterocycles. The van der Waals surface area contributed by atoms with E-state index in [0.29, 0.717) is 27.6 Å². The van der Waals surface area contributed by atoms with Crippen LogP contribution in [0.15, 0.2) is 85.2 Å². The molecule has 1 amide bonds. The van der Waals surface area contributed by atoms with Crippen LogP contribution in [-0.2, 0) is 19.8 Å². The van der Waals surface area contributed by atoms with Gasteiger partial charge in [0.15, 0.2) is 0 Å². The van der Waals surface area contributed by atoms with E-state index in [1.165, 1.54) is 0 Å². The fourth-order valence-electron chi connectivity index (χ4n) is 3.33. The molecule has 4 N–H and O–H groups in total. The summed E-state index contributed by atoms with van der Waals surface area (Å²) in [6, 6.07) is 21.1. The highest BCUT2D eigenvalue weighted by Crippen LogP contribution is 2.24. The third kappa shape index (κ3) is 7.93. The Kier molecular flexibility index (Phi) is 9.83. The Balaban J connectivity index is 0.00000380. The van der Waals surface area contributed by atoms with Gasteiger partial charge in [-0.15, -0.1) is 12.4 Å². The van der Waals surface area contributed by atoms with Gasteiger partial charge in [-0.05, 0) is 48.5 Å². The van der Waals surface area contributed by atoms with Crippen LogP contribution in [0.2, 0.25) is 5.02 Å². The minimum absolute atomic E-state index is 0. The van der Waals surface area contributed by atoms with Gasteiger partial charge < -0.3 is 20.5 Å². The first-order valence-electron chi connectivity index (χ1n) is 11.1. The summed E-state index contributed by atoms with van der Waals surface area (Å²) in [5.74, 6) is 0.555. The monoisotopic (exact) mass is 537 g/mol. The predicted molar refractivity (Wildman–Crippen MR) is 144 cm³/mol. The topological polar surface area (TPSA) is 123 Å². The number of amides is 1. The zero-order chi connectivity index (χ0) is 25.3. The number of carbonyl (C=O) groups is 1. The Bertz CT molecular complexity index is 1360. The van der Waals surface area contributed by atoms with E-state index in [-0.39, 0.29) is 43.9 Å². The first-order chi connectivity index (χ1) is 17.5. The van der Waals surface area contributed by atoms with Crippen LogP contribution in [-0.4, -0.2) is 21.7 Å². The normalized spacial score (nSPS) is 10.2. The molecule has 0 spiro atoms. The summed E-state index contributed by atoms with van der Waals surface area (Å²) >= 11 is 6.23. The maximum atomic E-state index is 12.9. The number of nitrogens with zero attached hydrogens (tertiary/aromatic N) is 2. The van der Waals surface area contributed by atoms with E-state index < -0.39 is 0 Å². The molecule has 0 radical (unpaired) electrons. The van der Waals surface area contributed by atoms with Crippen LogP contribution in [0.5, 0.6) is 11.5 Å². The maximum absolute atomic E-state index is 12.9. The zero-order valence-corrected chi connectivity index (χ0v) is 21.3. The van der Waals surface area contributed by atoms with Gasteiger partial charge in [0.1, 0.15) is 30.5 Å². The van der Waals surface area contributed by atoms with Crippen molar-refractivity contribution in [3.05, 3.63) is 118 Å². The van der Waals surface area contributed by atoms with E-state index >= 15 is 0 Å². The quantitative estimate of drug-likeness (QED) is 0.195.